The summed E-state index contributed by atoms with van der Waals surface area (Å²) in [5.74, 6) is 0.832. The van der Waals surface area contributed by atoms with Gasteiger partial charge in [0, 0.05) is 6.20 Å². The summed E-state index contributed by atoms with van der Waals surface area (Å²) < 4.78 is 7.24. The van der Waals surface area contributed by atoms with Gasteiger partial charge in [0.25, 0.3) is 5.91 Å². The van der Waals surface area contributed by atoms with E-state index in [1.165, 1.54) is 5.56 Å². The van der Waals surface area contributed by atoms with E-state index in [1.54, 1.807) is 41.2 Å². The number of carbonyl (C=O) groups excluding carboxylic acids is 1. The molecule has 3 rings (SSSR count). The fraction of sp³-hybridized carbons (Fsp3) is 0.190. The highest BCUT2D eigenvalue weighted by Crippen LogP contribution is 2.19. The van der Waals surface area contributed by atoms with Crippen LogP contribution in [0.3, 0.4) is 0 Å². The van der Waals surface area contributed by atoms with Gasteiger partial charge in [0.15, 0.2) is 12.4 Å². The highest BCUT2D eigenvalue weighted by atomic mass is 16.5. The van der Waals surface area contributed by atoms with Gasteiger partial charge in [-0.3, -0.25) is 4.79 Å². The Morgan fingerprint density at radius 1 is 1.19 bits per heavy atom. The number of nitrogens with one attached hydrogen (secondary N) is 1. The summed E-state index contributed by atoms with van der Waals surface area (Å²) in [7, 11) is 0. The van der Waals surface area contributed by atoms with Crippen LogP contribution in [0.5, 0.6) is 5.75 Å². The van der Waals surface area contributed by atoms with Gasteiger partial charge < -0.3 is 10.1 Å². The number of benzene rings is 2. The standard InChI is InChI=1S/C21H20N4O2/c1-15(2)16-7-9-18(10-8-16)27-14-25-12-11-20(24-25)21(26)23-19-6-4-3-5-17(19)13-22/h3-12,15H,14H2,1-2H3,(H,23,26). The van der Waals surface area contributed by atoms with Crippen molar-refractivity contribution in [3.05, 3.63) is 77.6 Å². The zero-order valence-electron chi connectivity index (χ0n) is 15.2. The number of ether oxygens (including phenoxy) is 1. The molecule has 0 spiro atoms. The Morgan fingerprint density at radius 3 is 2.63 bits per heavy atom. The maximum absolute atomic E-state index is 12.3. The molecule has 3 aromatic rings. The summed E-state index contributed by atoms with van der Waals surface area (Å²) in [5, 5.41) is 16.0. The van der Waals surface area contributed by atoms with E-state index >= 15 is 0 Å². The second-order valence-corrected chi connectivity index (χ2v) is 6.35. The molecule has 0 unspecified atom stereocenters. The Balaban J connectivity index is 1.61. The molecule has 0 aliphatic heterocycles. The summed E-state index contributed by atoms with van der Waals surface area (Å²) in [5.41, 5.74) is 2.36. The minimum Gasteiger partial charge on any atom is -0.471 e. The summed E-state index contributed by atoms with van der Waals surface area (Å²) in [6.07, 6.45) is 1.67. The quantitative estimate of drug-likeness (QED) is 0.715. The SMILES string of the molecule is CC(C)c1ccc(OCn2ccc(C(=O)Nc3ccccc3C#N)n2)cc1. The van der Waals surface area contributed by atoms with E-state index in [4.69, 9.17) is 10.00 Å². The summed E-state index contributed by atoms with van der Waals surface area (Å²) >= 11 is 0. The van der Waals surface area contributed by atoms with Crippen LogP contribution in [0.4, 0.5) is 5.69 Å². The van der Waals surface area contributed by atoms with Gasteiger partial charge in [-0.25, -0.2) is 4.68 Å². The zero-order valence-corrected chi connectivity index (χ0v) is 15.2. The number of nitriles is 1. The van der Waals surface area contributed by atoms with Gasteiger partial charge in [-0.2, -0.15) is 10.4 Å². The van der Waals surface area contributed by atoms with Crippen LogP contribution >= 0.6 is 0 Å². The minimum atomic E-state index is -0.377. The molecule has 2 aromatic carbocycles. The number of hydrogen-bond donors (Lipinski definition) is 1. The number of para-hydroxylation sites is 1. The Kier molecular flexibility index (Phi) is 5.53. The molecule has 136 valence electrons. The van der Waals surface area contributed by atoms with Crippen LogP contribution < -0.4 is 10.1 Å². The molecule has 1 N–H and O–H groups in total. The lowest BCUT2D eigenvalue weighted by Crippen LogP contribution is -2.15. The summed E-state index contributed by atoms with van der Waals surface area (Å²) in [6.45, 7) is 4.48. The van der Waals surface area contributed by atoms with E-state index < -0.39 is 0 Å². The van der Waals surface area contributed by atoms with Crippen molar-refractivity contribution in [2.24, 2.45) is 0 Å². The normalized spacial score (nSPS) is 10.4. The second kappa shape index (κ2) is 8.19. The fourth-order valence-corrected chi connectivity index (χ4v) is 2.52. The van der Waals surface area contributed by atoms with E-state index in [0.717, 1.165) is 5.75 Å². The predicted molar refractivity (Wildman–Crippen MR) is 102 cm³/mol. The Hall–Kier alpha value is -3.59. The molecule has 0 aliphatic carbocycles. The van der Waals surface area contributed by atoms with E-state index in [9.17, 15) is 4.79 Å². The highest BCUT2D eigenvalue weighted by Gasteiger charge is 2.12. The second-order valence-electron chi connectivity index (χ2n) is 6.35. The number of amides is 1. The third kappa shape index (κ3) is 4.53. The topological polar surface area (TPSA) is 79.9 Å². The highest BCUT2D eigenvalue weighted by molar-refractivity contribution is 6.03. The maximum atomic E-state index is 12.3. The molecule has 1 heterocycles. The summed E-state index contributed by atoms with van der Waals surface area (Å²) in [6, 6.07) is 18.4. The van der Waals surface area contributed by atoms with Gasteiger partial charge in [0.05, 0.1) is 11.3 Å². The van der Waals surface area contributed by atoms with Crippen molar-refractivity contribution in [3.8, 4) is 11.8 Å². The monoisotopic (exact) mass is 360 g/mol. The first-order chi connectivity index (χ1) is 13.1. The van der Waals surface area contributed by atoms with Crippen molar-refractivity contribution >= 4 is 11.6 Å². The van der Waals surface area contributed by atoms with Gasteiger partial charge in [-0.15, -0.1) is 0 Å². The van der Waals surface area contributed by atoms with Crippen molar-refractivity contribution in [2.45, 2.75) is 26.5 Å². The van der Waals surface area contributed by atoms with Crippen molar-refractivity contribution < 1.29 is 9.53 Å². The van der Waals surface area contributed by atoms with Gasteiger partial charge in [-0.1, -0.05) is 38.1 Å². The number of anilines is 1. The van der Waals surface area contributed by atoms with E-state index in [1.807, 2.05) is 30.3 Å². The van der Waals surface area contributed by atoms with Gasteiger partial charge >= 0.3 is 0 Å². The van der Waals surface area contributed by atoms with Crippen molar-refractivity contribution in [3.63, 3.8) is 0 Å². The number of rotatable bonds is 6. The molecule has 0 atom stereocenters. The van der Waals surface area contributed by atoms with Crippen LogP contribution in [0.15, 0.2) is 60.8 Å². The van der Waals surface area contributed by atoms with Crippen LogP contribution in [0.2, 0.25) is 0 Å². The van der Waals surface area contributed by atoms with Gasteiger partial charge in [-0.05, 0) is 41.8 Å². The molecule has 0 aliphatic rings. The lowest BCUT2D eigenvalue weighted by atomic mass is 10.0. The fourth-order valence-electron chi connectivity index (χ4n) is 2.52. The van der Waals surface area contributed by atoms with Crippen molar-refractivity contribution in [1.82, 2.24) is 9.78 Å². The molecule has 0 bridgehead atoms. The maximum Gasteiger partial charge on any atom is 0.276 e. The van der Waals surface area contributed by atoms with E-state index in [-0.39, 0.29) is 18.3 Å². The Bertz CT molecular complexity index is 968. The van der Waals surface area contributed by atoms with Crippen LogP contribution in [-0.4, -0.2) is 15.7 Å². The molecule has 27 heavy (non-hydrogen) atoms. The molecule has 0 saturated heterocycles. The molecular weight excluding hydrogens is 340 g/mol. The van der Waals surface area contributed by atoms with Crippen molar-refractivity contribution in [1.29, 1.82) is 5.26 Å². The van der Waals surface area contributed by atoms with Crippen LogP contribution in [0.25, 0.3) is 0 Å². The Morgan fingerprint density at radius 2 is 1.93 bits per heavy atom. The molecule has 1 aromatic heterocycles. The average molecular weight is 360 g/mol. The van der Waals surface area contributed by atoms with E-state index in [2.05, 4.69) is 24.3 Å². The third-order valence-corrected chi connectivity index (χ3v) is 4.08. The molecular formula is C21H20N4O2. The third-order valence-electron chi connectivity index (χ3n) is 4.08. The summed E-state index contributed by atoms with van der Waals surface area (Å²) in [4.78, 5) is 12.3. The Labute approximate surface area is 158 Å². The minimum absolute atomic E-state index is 0.198. The molecule has 0 fully saturated rings. The first-order valence-electron chi connectivity index (χ1n) is 8.63. The first kappa shape index (κ1) is 18.2. The van der Waals surface area contributed by atoms with Crippen LogP contribution in [0, 0.1) is 11.3 Å². The smallest absolute Gasteiger partial charge is 0.276 e. The van der Waals surface area contributed by atoms with Gasteiger partial charge in [0.2, 0.25) is 0 Å². The molecule has 1 amide bonds. The zero-order chi connectivity index (χ0) is 19.2. The molecule has 0 saturated carbocycles. The number of hydrogen-bond acceptors (Lipinski definition) is 4. The van der Waals surface area contributed by atoms with Gasteiger partial charge in [0.1, 0.15) is 11.8 Å². The number of nitrogens with zero attached hydrogens (tertiary/aromatic N) is 3. The lowest BCUT2D eigenvalue weighted by Gasteiger charge is -2.09. The first-order valence-corrected chi connectivity index (χ1v) is 8.63. The molecule has 6 nitrogen and oxygen atoms in total. The largest absolute Gasteiger partial charge is 0.471 e. The lowest BCUT2D eigenvalue weighted by molar-refractivity contribution is 0.102. The van der Waals surface area contributed by atoms with Crippen LogP contribution in [-0.2, 0) is 6.73 Å². The predicted octanol–water partition coefficient (Wildman–Crippen LogP) is 4.17. The number of aromatic nitrogens is 2. The van der Waals surface area contributed by atoms with E-state index in [0.29, 0.717) is 17.2 Å². The average Bonchev–Trinajstić information content (AvgIpc) is 3.16. The number of carbonyl (C=O) groups is 1. The molecule has 0 radical (unpaired) electrons. The van der Waals surface area contributed by atoms with Crippen LogP contribution in [0.1, 0.15) is 41.4 Å². The van der Waals surface area contributed by atoms with Crippen molar-refractivity contribution in [2.75, 3.05) is 5.32 Å². The molecule has 6 heteroatoms.